The van der Waals surface area contributed by atoms with E-state index < -0.39 is 0 Å². The molecule has 1 aliphatic heterocycles. The Hall–Kier alpha value is -0.830. The van der Waals surface area contributed by atoms with Crippen LogP contribution in [0.1, 0.15) is 6.92 Å². The van der Waals surface area contributed by atoms with E-state index in [-0.39, 0.29) is 11.8 Å². The predicted molar refractivity (Wildman–Crippen MR) is 45.7 cm³/mol. The molecule has 66 valence electrons. The van der Waals surface area contributed by atoms with Gasteiger partial charge in [0.05, 0.1) is 5.92 Å². The van der Waals surface area contributed by atoms with Crippen molar-refractivity contribution in [2.45, 2.75) is 6.92 Å². The molecule has 0 aromatic heterocycles. The summed E-state index contributed by atoms with van der Waals surface area (Å²) in [5, 5.41) is 0.383. The molecule has 1 rings (SSSR count). The van der Waals surface area contributed by atoms with Crippen LogP contribution in [0, 0.1) is 5.92 Å². The van der Waals surface area contributed by atoms with Gasteiger partial charge in [0.25, 0.3) is 0 Å². The Labute approximate surface area is 76.0 Å². The number of carbonyl (C=O) groups excluding carboxylic acids is 2. The average molecular weight is 188 g/mol. The molecule has 1 amide bonds. The van der Waals surface area contributed by atoms with Crippen molar-refractivity contribution in [3.8, 4) is 0 Å². The third-order valence-electron chi connectivity index (χ3n) is 1.99. The second-order valence-electron chi connectivity index (χ2n) is 2.90. The van der Waals surface area contributed by atoms with E-state index in [1.807, 2.05) is 0 Å². The van der Waals surface area contributed by atoms with E-state index in [0.717, 1.165) is 6.29 Å². The smallest absolute Gasteiger partial charge is 0.250 e. The van der Waals surface area contributed by atoms with Gasteiger partial charge in [0.15, 0.2) is 0 Å². The molecule has 0 aromatic carbocycles. The summed E-state index contributed by atoms with van der Waals surface area (Å²) in [4.78, 5) is 23.3. The largest absolute Gasteiger partial charge is 0.341 e. The third-order valence-corrected chi connectivity index (χ3v) is 2.55. The Kier molecular flexibility index (Phi) is 2.52. The van der Waals surface area contributed by atoms with Crippen LogP contribution in [-0.4, -0.2) is 30.7 Å². The normalized spacial score (nSPS) is 24.8. The van der Waals surface area contributed by atoms with Crippen LogP contribution in [0.3, 0.4) is 0 Å². The summed E-state index contributed by atoms with van der Waals surface area (Å²) in [5.41, 5.74) is 0.475. The molecule has 0 aliphatic carbocycles. The monoisotopic (exact) mass is 187 g/mol. The topological polar surface area (TPSA) is 37.4 Å². The molecule has 12 heavy (non-hydrogen) atoms. The van der Waals surface area contributed by atoms with Crippen LogP contribution in [0.4, 0.5) is 0 Å². The number of likely N-dealkylation sites (N-methyl/N-ethyl adjacent to an activating group) is 1. The van der Waals surface area contributed by atoms with Crippen molar-refractivity contribution in [2.24, 2.45) is 5.92 Å². The maximum absolute atomic E-state index is 11.3. The van der Waals surface area contributed by atoms with Crippen LogP contribution in [0.25, 0.3) is 0 Å². The van der Waals surface area contributed by atoms with Gasteiger partial charge in [0.2, 0.25) is 5.91 Å². The zero-order valence-electron chi connectivity index (χ0n) is 7.00. The van der Waals surface area contributed by atoms with Gasteiger partial charge < -0.3 is 9.69 Å². The van der Waals surface area contributed by atoms with Gasteiger partial charge in [-0.25, -0.2) is 0 Å². The molecule has 1 heterocycles. The summed E-state index contributed by atoms with van der Waals surface area (Å²) in [6, 6.07) is 0. The molecule has 0 saturated heterocycles. The molecule has 0 fully saturated rings. The highest BCUT2D eigenvalue weighted by atomic mass is 35.5. The summed E-state index contributed by atoms with van der Waals surface area (Å²) in [5.74, 6) is -0.438. The van der Waals surface area contributed by atoms with E-state index in [0.29, 0.717) is 17.2 Å². The van der Waals surface area contributed by atoms with Gasteiger partial charge in [-0.1, -0.05) is 11.6 Å². The first-order valence-electron chi connectivity index (χ1n) is 3.65. The van der Waals surface area contributed by atoms with E-state index in [4.69, 9.17) is 11.6 Å². The molecule has 0 radical (unpaired) electrons. The fourth-order valence-corrected chi connectivity index (χ4v) is 1.43. The quantitative estimate of drug-likeness (QED) is 0.569. The minimum Gasteiger partial charge on any atom is -0.341 e. The molecule has 0 spiro atoms. The molecule has 0 saturated carbocycles. The fraction of sp³-hybridized carbons (Fsp3) is 0.500. The molecular weight excluding hydrogens is 178 g/mol. The van der Waals surface area contributed by atoms with Crippen LogP contribution < -0.4 is 0 Å². The van der Waals surface area contributed by atoms with Crippen molar-refractivity contribution in [2.75, 3.05) is 13.6 Å². The minimum atomic E-state index is -0.339. The molecule has 0 aromatic rings. The van der Waals surface area contributed by atoms with Crippen molar-refractivity contribution in [1.29, 1.82) is 0 Å². The van der Waals surface area contributed by atoms with Crippen LogP contribution in [0.2, 0.25) is 0 Å². The third kappa shape index (κ3) is 1.37. The van der Waals surface area contributed by atoms with Gasteiger partial charge in [-0.15, -0.1) is 0 Å². The van der Waals surface area contributed by atoms with Crippen molar-refractivity contribution < 1.29 is 9.59 Å². The molecule has 1 atom stereocenters. The second-order valence-corrected chi connectivity index (χ2v) is 3.31. The van der Waals surface area contributed by atoms with Crippen LogP contribution in [0.5, 0.6) is 0 Å². The molecule has 1 unspecified atom stereocenters. The first-order chi connectivity index (χ1) is 5.57. The van der Waals surface area contributed by atoms with Crippen LogP contribution >= 0.6 is 11.6 Å². The summed E-state index contributed by atoms with van der Waals surface area (Å²) in [6.45, 7) is 2.02. The molecule has 3 nitrogen and oxygen atoms in total. The van der Waals surface area contributed by atoms with E-state index in [1.54, 1.807) is 14.0 Å². The van der Waals surface area contributed by atoms with Gasteiger partial charge in [0.1, 0.15) is 6.29 Å². The number of aldehydes is 1. The lowest BCUT2D eigenvalue weighted by Crippen LogP contribution is -2.38. The summed E-state index contributed by atoms with van der Waals surface area (Å²) in [6.07, 6.45) is 0.773. The number of rotatable bonds is 1. The van der Waals surface area contributed by atoms with E-state index in [2.05, 4.69) is 0 Å². The Morgan fingerprint density at radius 2 is 2.25 bits per heavy atom. The van der Waals surface area contributed by atoms with Crippen LogP contribution in [-0.2, 0) is 9.59 Å². The number of halogens is 1. The Bertz CT molecular complexity index is 260. The van der Waals surface area contributed by atoms with Gasteiger partial charge in [-0.2, -0.15) is 0 Å². The maximum atomic E-state index is 11.3. The zero-order chi connectivity index (χ0) is 9.30. The van der Waals surface area contributed by atoms with Gasteiger partial charge in [-0.05, 0) is 6.92 Å². The highest BCUT2D eigenvalue weighted by Crippen LogP contribution is 2.25. The molecule has 4 heteroatoms. The fourth-order valence-electron chi connectivity index (χ4n) is 1.23. The molecular formula is C8H10ClNO2. The van der Waals surface area contributed by atoms with E-state index in [9.17, 15) is 9.59 Å². The Balaban J connectivity index is 3.03. The first-order valence-corrected chi connectivity index (χ1v) is 4.02. The zero-order valence-corrected chi connectivity index (χ0v) is 7.76. The standard InChI is InChI=1S/C8H10ClNO2/c1-5-7(9)6(4-11)3-10(2)8(5)12/h4,6H,3H2,1-2H3. The van der Waals surface area contributed by atoms with Gasteiger partial charge in [0, 0.05) is 24.2 Å². The predicted octanol–water partition coefficient (Wildman–Crippen LogP) is 0.786. The first kappa shape index (κ1) is 9.26. The molecule has 1 aliphatic rings. The van der Waals surface area contributed by atoms with Crippen molar-refractivity contribution in [1.82, 2.24) is 4.90 Å². The lowest BCUT2D eigenvalue weighted by atomic mass is 10.0. The lowest BCUT2D eigenvalue weighted by molar-refractivity contribution is -0.127. The summed E-state index contributed by atoms with van der Waals surface area (Å²) < 4.78 is 0. The van der Waals surface area contributed by atoms with E-state index in [1.165, 1.54) is 4.90 Å². The average Bonchev–Trinajstić information content (AvgIpc) is 2.08. The number of nitrogens with zero attached hydrogens (tertiary/aromatic N) is 1. The van der Waals surface area contributed by atoms with Crippen LogP contribution in [0.15, 0.2) is 10.6 Å². The SMILES string of the molecule is CC1=C(Cl)C(C=O)CN(C)C1=O. The Morgan fingerprint density at radius 3 is 2.75 bits per heavy atom. The van der Waals surface area contributed by atoms with Gasteiger partial charge in [-0.3, -0.25) is 4.79 Å². The molecule has 0 bridgehead atoms. The minimum absolute atomic E-state index is 0.0990. The highest BCUT2D eigenvalue weighted by Gasteiger charge is 2.27. The second kappa shape index (κ2) is 3.27. The lowest BCUT2D eigenvalue weighted by Gasteiger charge is -2.27. The Morgan fingerprint density at radius 1 is 1.67 bits per heavy atom. The van der Waals surface area contributed by atoms with Crippen molar-refractivity contribution in [3.63, 3.8) is 0 Å². The maximum Gasteiger partial charge on any atom is 0.250 e. The molecule has 0 N–H and O–H groups in total. The van der Waals surface area contributed by atoms with E-state index >= 15 is 0 Å². The number of amides is 1. The number of carbonyl (C=O) groups is 2. The van der Waals surface area contributed by atoms with Crippen molar-refractivity contribution >= 4 is 23.8 Å². The summed E-state index contributed by atoms with van der Waals surface area (Å²) in [7, 11) is 1.66. The number of hydrogen-bond acceptors (Lipinski definition) is 2. The van der Waals surface area contributed by atoms with Gasteiger partial charge >= 0.3 is 0 Å². The highest BCUT2D eigenvalue weighted by molar-refractivity contribution is 6.33. The summed E-state index contributed by atoms with van der Waals surface area (Å²) >= 11 is 5.79. The number of hydrogen-bond donors (Lipinski definition) is 0. The van der Waals surface area contributed by atoms with Crippen molar-refractivity contribution in [3.05, 3.63) is 10.6 Å².